The van der Waals surface area contributed by atoms with Crippen LogP contribution in [0.5, 0.6) is 0 Å². The standard InChI is InChI=1S/C12H36N4O18P6.11Na/c17-35(18,19)7-13(3-5-15(9-37(23,24)25)10-38(26,27)28)1-2-14(8-36(20,21)22)4-6-16(11-39(29,30)31)12-40(32,33)34;;;;;;;;;;;/h1-12H2,(H2,17,18,19)(H2,20,21,22)(H2,23,24,25)(H2,26,27,28)(H2,29,30,31)(H2,32,33,34);;;;;;;;;;;/q;11*+1/p-12. The van der Waals surface area contributed by atoms with Crippen LogP contribution in [-0.4, -0.2) is 96.6 Å². The molecule has 0 amide bonds. The molecule has 0 saturated carbocycles. The fourth-order valence-corrected chi connectivity index (χ4v) is 7.98. The Morgan fingerprint density at radius 3 is 0.451 bits per heavy atom. The van der Waals surface area contributed by atoms with E-state index in [0.29, 0.717) is 19.6 Å². The van der Waals surface area contributed by atoms with E-state index in [9.17, 15) is 86.1 Å². The van der Waals surface area contributed by atoms with Crippen LogP contribution in [0.1, 0.15) is 0 Å². The van der Waals surface area contributed by atoms with Crippen molar-refractivity contribution in [1.29, 1.82) is 0 Å². The maximum absolute atomic E-state index is 11.3. The molecule has 0 unspecified atom stereocenters. The fraction of sp³-hybridized carbons (Fsp3) is 1.00. The van der Waals surface area contributed by atoms with Crippen LogP contribution in [0.2, 0.25) is 0 Å². The van der Waals surface area contributed by atoms with Crippen LogP contribution >= 0.6 is 45.6 Å². The van der Waals surface area contributed by atoms with E-state index in [-0.39, 0.29) is 325 Å². The third-order valence-electron chi connectivity index (χ3n) is 4.44. The molecule has 0 fully saturated rings. The molecule has 0 radical (unpaired) electrons. The maximum Gasteiger partial charge on any atom is 1.00 e. The van der Waals surface area contributed by atoms with Crippen molar-refractivity contribution < 1.29 is 411 Å². The summed E-state index contributed by atoms with van der Waals surface area (Å²) in [5, 5.41) is 0. The molecule has 0 saturated heterocycles. The summed E-state index contributed by atoms with van der Waals surface area (Å²) in [6, 6.07) is 0. The van der Waals surface area contributed by atoms with Gasteiger partial charge < -0.3 is 86.1 Å². The molecule has 0 bridgehead atoms. The molecule has 51 heavy (non-hydrogen) atoms. The van der Waals surface area contributed by atoms with Gasteiger partial charge in [-0.05, 0) is 0 Å². The van der Waals surface area contributed by atoms with Gasteiger partial charge in [-0.1, -0.05) is 45.6 Å². The van der Waals surface area contributed by atoms with Crippen molar-refractivity contribution in [3.05, 3.63) is 0 Å². The average molecular weight is 951 g/mol. The van der Waals surface area contributed by atoms with Gasteiger partial charge >= 0.3 is 325 Å². The molecule has 0 aliphatic rings. The molecule has 0 spiro atoms. The van der Waals surface area contributed by atoms with Crippen molar-refractivity contribution in [1.82, 2.24) is 19.6 Å². The van der Waals surface area contributed by atoms with E-state index < -0.39 is 123 Å². The first-order valence-electron chi connectivity index (χ1n) is 10.5. The summed E-state index contributed by atoms with van der Waals surface area (Å²) in [5.74, 6) is 0. The molecule has 0 rings (SSSR count). The van der Waals surface area contributed by atoms with E-state index in [2.05, 4.69) is 0 Å². The summed E-state index contributed by atoms with van der Waals surface area (Å²) in [5.41, 5.74) is 0. The van der Waals surface area contributed by atoms with E-state index >= 15 is 0 Å². The van der Waals surface area contributed by atoms with Crippen LogP contribution in [0.25, 0.3) is 0 Å². The molecule has 0 aliphatic carbocycles. The van der Waals surface area contributed by atoms with Crippen LogP contribution in [0, 0.1) is 0 Å². The maximum atomic E-state index is 11.3. The number of rotatable bonds is 21. The summed E-state index contributed by atoms with van der Waals surface area (Å²) in [6.45, 7) is -4.20. The SMILES string of the molecule is O=P([O-])([O-])CN(CCN(CCN(CP(=O)([O-])[O-])CP(=O)([O-])[O-])CP(=O)([O-])[O-])CCN(CP(=O)([O-])[O-])CP(=O)([O-])[O-].[Na+].[Na+].[Na+].[Na+].[Na+].[Na+].[Na+].[Na+].[Na+].[Na+].[Na+]. The van der Waals surface area contributed by atoms with E-state index in [4.69, 9.17) is 0 Å². The van der Waals surface area contributed by atoms with Gasteiger partial charge in [0, 0.05) is 77.0 Å². The molecule has 22 nitrogen and oxygen atoms in total. The minimum Gasteiger partial charge on any atom is -0.810 e. The van der Waals surface area contributed by atoms with Crippen LogP contribution in [0.3, 0.4) is 0 Å². The molecule has 0 N–H and O–H groups in total. The largest absolute Gasteiger partial charge is 1.00 e. The second-order valence-corrected chi connectivity index (χ2v) is 17.6. The molecule has 0 aromatic heterocycles. The van der Waals surface area contributed by atoms with Crippen molar-refractivity contribution in [2.24, 2.45) is 0 Å². The van der Waals surface area contributed by atoms with Gasteiger partial charge in [-0.25, -0.2) is 0 Å². The van der Waals surface area contributed by atoms with Crippen LogP contribution in [0.15, 0.2) is 0 Å². The zero-order chi connectivity index (χ0) is 31.8. The number of hydrogen-bond donors (Lipinski definition) is 0. The van der Waals surface area contributed by atoms with Crippen LogP contribution < -0.4 is 384 Å². The van der Waals surface area contributed by atoms with Crippen LogP contribution in [0.4, 0.5) is 0 Å². The van der Waals surface area contributed by atoms with Gasteiger partial charge in [0.15, 0.2) is 0 Å². The Bertz CT molecular complexity index is 980. The third-order valence-corrected chi connectivity index (χ3v) is 8.92. The fourth-order valence-electron chi connectivity index (χ4n) is 3.20. The summed E-state index contributed by atoms with van der Waals surface area (Å²) in [4.78, 5) is 135. The van der Waals surface area contributed by atoms with Gasteiger partial charge in [-0.2, -0.15) is 0 Å². The quantitative estimate of drug-likeness (QED) is 0.0761. The molecule has 39 heteroatoms. The van der Waals surface area contributed by atoms with E-state index in [0.717, 1.165) is 0 Å². The summed E-state index contributed by atoms with van der Waals surface area (Å²) in [7, 11) is -32.5. The Hall–Kier alpha value is 11.7. The Labute approximate surface area is 541 Å². The Balaban J connectivity index is -0.000000138. The van der Waals surface area contributed by atoms with Gasteiger partial charge in [0.25, 0.3) is 0 Å². The zero-order valence-corrected chi connectivity index (χ0v) is 58.7. The van der Waals surface area contributed by atoms with Gasteiger partial charge in [0.05, 0.1) is 0 Å². The van der Waals surface area contributed by atoms with E-state index in [1.165, 1.54) is 0 Å². The molecule has 0 aromatic rings. The molecule has 0 heterocycles. The Kier molecular flexibility index (Phi) is 80.6. The van der Waals surface area contributed by atoms with Gasteiger partial charge in [0.2, 0.25) is 0 Å². The Morgan fingerprint density at radius 1 is 0.235 bits per heavy atom. The Morgan fingerprint density at radius 2 is 0.333 bits per heavy atom. The first-order chi connectivity index (χ1) is 17.5. The predicted octanol–water partition coefficient (Wildman–Crippen LogP) is -43.5. The smallest absolute Gasteiger partial charge is 0.810 e. The monoisotopic (exact) mass is 951 g/mol. The van der Waals surface area contributed by atoms with Crippen molar-refractivity contribution in [3.8, 4) is 0 Å². The first-order valence-corrected chi connectivity index (χ1v) is 20.8. The van der Waals surface area contributed by atoms with E-state index in [1.807, 2.05) is 0 Å². The zero-order valence-electron chi connectivity index (χ0n) is 31.3. The molecular weight excluding hydrogens is 927 g/mol. The summed E-state index contributed by atoms with van der Waals surface area (Å²) in [6.07, 6.45) is -8.51. The first kappa shape index (κ1) is 92.9. The van der Waals surface area contributed by atoms with Gasteiger partial charge in [-0.15, -0.1) is 0 Å². The average Bonchev–Trinajstić information content (AvgIpc) is 2.60. The predicted molar refractivity (Wildman–Crippen MR) is 111 cm³/mol. The summed E-state index contributed by atoms with van der Waals surface area (Å²) >= 11 is 0. The van der Waals surface area contributed by atoms with Crippen molar-refractivity contribution in [2.45, 2.75) is 0 Å². The second kappa shape index (κ2) is 44.3. The second-order valence-electron chi connectivity index (χ2n) is 8.54. The molecule has 242 valence electrons. The van der Waals surface area contributed by atoms with Crippen molar-refractivity contribution in [2.75, 3.05) is 77.0 Å². The minimum absolute atomic E-state index is 0. The topological polar surface area (TPSA) is 392 Å². The van der Waals surface area contributed by atoms with Crippen molar-refractivity contribution >= 4 is 45.6 Å². The van der Waals surface area contributed by atoms with Gasteiger partial charge in [-0.3, -0.25) is 19.6 Å². The van der Waals surface area contributed by atoms with Crippen molar-refractivity contribution in [3.63, 3.8) is 0 Å². The normalized spacial score (nSPS) is 11.5. The summed E-state index contributed by atoms with van der Waals surface area (Å²) < 4.78 is 66.7. The number of hydrogen-bond acceptors (Lipinski definition) is 22. The molecule has 0 aromatic carbocycles. The van der Waals surface area contributed by atoms with E-state index in [1.54, 1.807) is 0 Å². The minimum atomic E-state index is -5.42. The number of nitrogens with zero attached hydrogens (tertiary/aromatic N) is 4. The molecule has 0 atom stereocenters. The molecule has 0 aliphatic heterocycles. The third kappa shape index (κ3) is 68.4. The van der Waals surface area contributed by atoms with Crippen LogP contribution in [-0.2, 0) is 27.4 Å². The van der Waals surface area contributed by atoms with Gasteiger partial charge in [0.1, 0.15) is 0 Å². The molecular formula is C12H24N4Na11O18P6-.